The van der Waals surface area contributed by atoms with Gasteiger partial charge in [0.25, 0.3) is 5.91 Å². The molecule has 0 unspecified atom stereocenters. The summed E-state index contributed by atoms with van der Waals surface area (Å²) >= 11 is 1.57. The van der Waals surface area contributed by atoms with Crippen molar-refractivity contribution in [3.63, 3.8) is 0 Å². The summed E-state index contributed by atoms with van der Waals surface area (Å²) in [4.78, 5) is 24.1. The van der Waals surface area contributed by atoms with E-state index in [-0.39, 0.29) is 11.8 Å². The molecule has 2 aromatic carbocycles. The first-order valence-corrected chi connectivity index (χ1v) is 9.18. The average molecular weight is 380 g/mol. The van der Waals surface area contributed by atoms with Crippen LogP contribution in [-0.4, -0.2) is 11.8 Å². The van der Waals surface area contributed by atoms with Crippen LogP contribution in [0.4, 0.5) is 10.1 Å². The number of hydrogen-bond acceptors (Lipinski definition) is 3. The third kappa shape index (κ3) is 5.62. The first kappa shape index (κ1) is 18.5. The van der Waals surface area contributed by atoms with Crippen molar-refractivity contribution in [3.8, 4) is 0 Å². The third-order valence-electron chi connectivity index (χ3n) is 3.73. The zero-order chi connectivity index (χ0) is 19.1. The van der Waals surface area contributed by atoms with Crippen molar-refractivity contribution < 1.29 is 14.0 Å². The number of thiophene rings is 1. The standard InChI is InChI=1S/C21H17FN2O2S/c22-18-7-5-17(6-8-18)21(26)24-19-3-1-2-16(12-19)13-23-20(25)9-4-15-10-11-27-14-15/h1-12,14H,13H2,(H,23,25)(H,24,26)/b9-4+. The molecule has 0 spiro atoms. The molecule has 0 aliphatic heterocycles. The van der Waals surface area contributed by atoms with Gasteiger partial charge in [0.1, 0.15) is 5.82 Å². The molecule has 4 nitrogen and oxygen atoms in total. The monoisotopic (exact) mass is 380 g/mol. The van der Waals surface area contributed by atoms with E-state index in [9.17, 15) is 14.0 Å². The van der Waals surface area contributed by atoms with Crippen molar-refractivity contribution in [2.45, 2.75) is 6.54 Å². The van der Waals surface area contributed by atoms with Crippen molar-refractivity contribution in [1.82, 2.24) is 5.32 Å². The van der Waals surface area contributed by atoms with E-state index in [0.717, 1.165) is 11.1 Å². The van der Waals surface area contributed by atoms with Gasteiger partial charge >= 0.3 is 0 Å². The predicted molar refractivity (Wildman–Crippen MR) is 106 cm³/mol. The highest BCUT2D eigenvalue weighted by molar-refractivity contribution is 7.08. The molecule has 136 valence electrons. The number of carbonyl (C=O) groups excluding carboxylic acids is 2. The predicted octanol–water partition coefficient (Wildman–Crippen LogP) is 4.47. The minimum Gasteiger partial charge on any atom is -0.348 e. The maximum Gasteiger partial charge on any atom is 0.255 e. The normalized spacial score (nSPS) is 10.7. The van der Waals surface area contributed by atoms with Gasteiger partial charge in [-0.05, 0) is 70.4 Å². The molecule has 0 fully saturated rings. The number of amides is 2. The number of anilines is 1. The van der Waals surface area contributed by atoms with Crippen LogP contribution in [0, 0.1) is 5.82 Å². The van der Waals surface area contributed by atoms with Gasteiger partial charge in [-0.15, -0.1) is 0 Å². The van der Waals surface area contributed by atoms with Crippen LogP contribution in [0.2, 0.25) is 0 Å². The van der Waals surface area contributed by atoms with Gasteiger partial charge in [-0.25, -0.2) is 4.39 Å². The first-order chi connectivity index (χ1) is 13.1. The Hall–Kier alpha value is -3.25. The Bertz CT molecular complexity index is 951. The number of benzene rings is 2. The highest BCUT2D eigenvalue weighted by Crippen LogP contribution is 2.13. The number of nitrogens with one attached hydrogen (secondary N) is 2. The zero-order valence-electron chi connectivity index (χ0n) is 14.3. The van der Waals surface area contributed by atoms with Crippen LogP contribution < -0.4 is 10.6 Å². The van der Waals surface area contributed by atoms with Gasteiger partial charge in [0.05, 0.1) is 0 Å². The molecule has 27 heavy (non-hydrogen) atoms. The smallest absolute Gasteiger partial charge is 0.255 e. The van der Waals surface area contributed by atoms with Crippen LogP contribution in [0.25, 0.3) is 6.08 Å². The van der Waals surface area contributed by atoms with Crippen molar-refractivity contribution in [1.29, 1.82) is 0 Å². The van der Waals surface area contributed by atoms with Crippen molar-refractivity contribution >= 4 is 34.9 Å². The second-order valence-corrected chi connectivity index (χ2v) is 6.55. The zero-order valence-corrected chi connectivity index (χ0v) is 15.1. The van der Waals surface area contributed by atoms with Crippen LogP contribution in [0.5, 0.6) is 0 Å². The van der Waals surface area contributed by atoms with Gasteiger partial charge < -0.3 is 10.6 Å². The van der Waals surface area contributed by atoms with Crippen molar-refractivity contribution in [2.24, 2.45) is 0 Å². The molecule has 3 rings (SSSR count). The van der Waals surface area contributed by atoms with E-state index in [4.69, 9.17) is 0 Å². The molecular weight excluding hydrogens is 363 g/mol. The first-order valence-electron chi connectivity index (χ1n) is 8.24. The maximum absolute atomic E-state index is 12.9. The fourth-order valence-electron chi connectivity index (χ4n) is 2.35. The number of halogens is 1. The average Bonchev–Trinajstić information content (AvgIpc) is 3.19. The Labute approximate surface area is 160 Å². The topological polar surface area (TPSA) is 58.2 Å². The molecule has 0 aliphatic carbocycles. The summed E-state index contributed by atoms with van der Waals surface area (Å²) in [5, 5.41) is 9.47. The van der Waals surface area contributed by atoms with Crippen molar-refractivity contribution in [3.05, 3.63) is 93.9 Å². The lowest BCUT2D eigenvalue weighted by molar-refractivity contribution is -0.116. The Morgan fingerprint density at radius 1 is 1.07 bits per heavy atom. The third-order valence-corrected chi connectivity index (χ3v) is 4.43. The van der Waals surface area contributed by atoms with E-state index < -0.39 is 5.82 Å². The summed E-state index contributed by atoms with van der Waals surface area (Å²) in [6, 6.07) is 14.5. The van der Waals surface area contributed by atoms with E-state index in [0.29, 0.717) is 17.8 Å². The van der Waals surface area contributed by atoms with Gasteiger partial charge in [-0.3, -0.25) is 9.59 Å². The lowest BCUT2D eigenvalue weighted by atomic mass is 10.1. The quantitative estimate of drug-likeness (QED) is 0.620. The number of hydrogen-bond donors (Lipinski definition) is 2. The number of carbonyl (C=O) groups is 2. The molecule has 0 saturated heterocycles. The molecule has 0 bridgehead atoms. The SMILES string of the molecule is O=C(/C=C/c1ccsc1)NCc1cccc(NC(=O)c2ccc(F)cc2)c1. The summed E-state index contributed by atoms with van der Waals surface area (Å²) < 4.78 is 12.9. The molecule has 0 aliphatic rings. The van der Waals surface area contributed by atoms with Gasteiger partial charge in [-0.1, -0.05) is 12.1 Å². The summed E-state index contributed by atoms with van der Waals surface area (Å²) in [6.07, 6.45) is 3.24. The molecule has 1 heterocycles. The van der Waals surface area contributed by atoms with E-state index in [1.165, 1.54) is 30.3 Å². The summed E-state index contributed by atoms with van der Waals surface area (Å²) in [5.41, 5.74) is 2.81. The van der Waals surface area contributed by atoms with E-state index >= 15 is 0 Å². The summed E-state index contributed by atoms with van der Waals surface area (Å²) in [5.74, 6) is -0.908. The van der Waals surface area contributed by atoms with E-state index in [1.807, 2.05) is 22.9 Å². The van der Waals surface area contributed by atoms with Gasteiger partial charge in [0.15, 0.2) is 0 Å². The molecule has 0 atom stereocenters. The Kier molecular flexibility index (Phi) is 6.12. The fraction of sp³-hybridized carbons (Fsp3) is 0.0476. The second kappa shape index (κ2) is 8.91. The number of rotatable bonds is 6. The second-order valence-electron chi connectivity index (χ2n) is 5.77. The summed E-state index contributed by atoms with van der Waals surface area (Å²) in [6.45, 7) is 0.340. The van der Waals surface area contributed by atoms with E-state index in [2.05, 4.69) is 10.6 Å². The molecule has 1 aromatic heterocycles. The van der Waals surface area contributed by atoms with Crippen LogP contribution in [-0.2, 0) is 11.3 Å². The summed E-state index contributed by atoms with van der Waals surface area (Å²) in [7, 11) is 0. The molecule has 3 aromatic rings. The molecule has 2 N–H and O–H groups in total. The molecule has 2 amide bonds. The Morgan fingerprint density at radius 3 is 2.63 bits per heavy atom. The van der Waals surface area contributed by atoms with Crippen LogP contribution in [0.3, 0.4) is 0 Å². The minimum atomic E-state index is -0.391. The molecule has 0 saturated carbocycles. The minimum absolute atomic E-state index is 0.193. The lowest BCUT2D eigenvalue weighted by Gasteiger charge is -2.08. The van der Waals surface area contributed by atoms with Crippen LogP contribution >= 0.6 is 11.3 Å². The lowest BCUT2D eigenvalue weighted by Crippen LogP contribution is -2.20. The van der Waals surface area contributed by atoms with Crippen molar-refractivity contribution in [2.75, 3.05) is 5.32 Å². The molecule has 6 heteroatoms. The molecule has 0 radical (unpaired) electrons. The van der Waals surface area contributed by atoms with Crippen LogP contribution in [0.1, 0.15) is 21.5 Å². The Morgan fingerprint density at radius 2 is 1.89 bits per heavy atom. The maximum atomic E-state index is 12.9. The highest BCUT2D eigenvalue weighted by Gasteiger charge is 2.07. The Balaban J connectivity index is 1.56. The van der Waals surface area contributed by atoms with Gasteiger partial charge in [-0.2, -0.15) is 11.3 Å². The fourth-order valence-corrected chi connectivity index (χ4v) is 2.98. The largest absolute Gasteiger partial charge is 0.348 e. The van der Waals surface area contributed by atoms with Crippen LogP contribution in [0.15, 0.2) is 71.4 Å². The molecular formula is C21H17FN2O2S. The van der Waals surface area contributed by atoms with Gasteiger partial charge in [0.2, 0.25) is 5.91 Å². The van der Waals surface area contributed by atoms with E-state index in [1.54, 1.807) is 35.6 Å². The van der Waals surface area contributed by atoms with Gasteiger partial charge in [0, 0.05) is 23.9 Å². The highest BCUT2D eigenvalue weighted by atomic mass is 32.1.